The summed E-state index contributed by atoms with van der Waals surface area (Å²) >= 11 is 0. The van der Waals surface area contributed by atoms with Crippen LogP contribution in [0.15, 0.2) is 48.5 Å². The molecule has 0 unspecified atom stereocenters. The molecule has 0 fully saturated rings. The molecule has 24 heavy (non-hydrogen) atoms. The summed E-state index contributed by atoms with van der Waals surface area (Å²) in [6.07, 6.45) is 1.90. The lowest BCUT2D eigenvalue weighted by molar-refractivity contribution is -0.119. The number of aryl methyl sites for hydroxylation is 1. The number of anilines is 1. The third kappa shape index (κ3) is 4.65. The number of carbonyl (C=O) groups is 1. The highest BCUT2D eigenvalue weighted by Gasteiger charge is 2.11. The first-order chi connectivity index (χ1) is 11.8. The predicted octanol–water partition coefficient (Wildman–Crippen LogP) is 2.62. The van der Waals surface area contributed by atoms with E-state index in [0.717, 1.165) is 30.0 Å². The molecular formula is C19H22N2O3. The van der Waals surface area contributed by atoms with Gasteiger partial charge in [-0.05, 0) is 30.5 Å². The molecule has 1 heterocycles. The van der Waals surface area contributed by atoms with Gasteiger partial charge in [-0.1, -0.05) is 30.3 Å². The Bertz CT molecular complexity index is 674. The molecule has 0 spiro atoms. The summed E-state index contributed by atoms with van der Waals surface area (Å²) in [6, 6.07) is 15.9. The third-order valence-electron chi connectivity index (χ3n) is 3.80. The van der Waals surface area contributed by atoms with Crippen molar-refractivity contribution in [2.24, 2.45) is 0 Å². The fourth-order valence-electron chi connectivity index (χ4n) is 2.56. The molecule has 1 aliphatic rings. The molecule has 1 aliphatic heterocycles. The number of rotatable bonds is 7. The average Bonchev–Trinajstić information content (AvgIpc) is 2.64. The quantitative estimate of drug-likeness (QED) is 0.768. The fraction of sp³-hybridized carbons (Fsp3) is 0.316. The maximum Gasteiger partial charge on any atom is 0.239 e. The van der Waals surface area contributed by atoms with Gasteiger partial charge in [0, 0.05) is 18.3 Å². The Balaban J connectivity index is 1.36. The summed E-state index contributed by atoms with van der Waals surface area (Å²) in [5.74, 6) is 1.45. The summed E-state index contributed by atoms with van der Waals surface area (Å²) in [6.45, 7) is 2.05. The molecule has 3 rings (SSSR count). The van der Waals surface area contributed by atoms with E-state index in [1.54, 1.807) is 0 Å². The zero-order chi connectivity index (χ0) is 16.6. The predicted molar refractivity (Wildman–Crippen MR) is 93.7 cm³/mol. The van der Waals surface area contributed by atoms with E-state index in [2.05, 4.69) is 22.8 Å². The van der Waals surface area contributed by atoms with Crippen molar-refractivity contribution in [1.29, 1.82) is 0 Å². The molecule has 1 amide bonds. The fourth-order valence-corrected chi connectivity index (χ4v) is 2.56. The van der Waals surface area contributed by atoms with Crippen LogP contribution < -0.4 is 20.1 Å². The Morgan fingerprint density at radius 2 is 1.79 bits per heavy atom. The molecule has 2 aromatic carbocycles. The third-order valence-corrected chi connectivity index (χ3v) is 3.80. The first-order valence-electron chi connectivity index (χ1n) is 8.25. The Hall–Kier alpha value is -2.69. The van der Waals surface area contributed by atoms with Crippen LogP contribution in [-0.4, -0.2) is 32.2 Å². The van der Waals surface area contributed by atoms with Gasteiger partial charge in [0.15, 0.2) is 11.5 Å². The van der Waals surface area contributed by atoms with Gasteiger partial charge in [-0.25, -0.2) is 0 Å². The van der Waals surface area contributed by atoms with E-state index in [1.807, 2.05) is 36.4 Å². The molecule has 5 heteroatoms. The lowest BCUT2D eigenvalue weighted by atomic mass is 10.1. The number of benzene rings is 2. The minimum Gasteiger partial charge on any atom is -0.486 e. The van der Waals surface area contributed by atoms with Crippen LogP contribution in [0.25, 0.3) is 0 Å². The standard InChI is InChI=1S/C19H22N2O3/c22-19(20-10-4-7-15-5-2-1-3-6-15)14-21-16-8-9-17-18(13-16)24-12-11-23-17/h1-3,5-6,8-9,13,21H,4,7,10-12,14H2,(H,20,22). The van der Waals surface area contributed by atoms with E-state index in [0.29, 0.717) is 19.8 Å². The molecule has 0 atom stereocenters. The van der Waals surface area contributed by atoms with Crippen molar-refractivity contribution >= 4 is 11.6 Å². The highest BCUT2D eigenvalue weighted by molar-refractivity contribution is 5.80. The molecule has 2 N–H and O–H groups in total. The Morgan fingerprint density at radius 1 is 1.00 bits per heavy atom. The molecule has 2 aromatic rings. The summed E-state index contributed by atoms with van der Waals surface area (Å²) in [5.41, 5.74) is 2.14. The minimum absolute atomic E-state index is 0.0158. The molecule has 0 aromatic heterocycles. The molecule has 0 saturated heterocycles. The van der Waals surface area contributed by atoms with E-state index in [-0.39, 0.29) is 12.5 Å². The summed E-state index contributed by atoms with van der Waals surface area (Å²) in [4.78, 5) is 11.9. The normalized spacial score (nSPS) is 12.5. The van der Waals surface area contributed by atoms with Gasteiger partial charge >= 0.3 is 0 Å². The number of hydrogen-bond acceptors (Lipinski definition) is 4. The van der Waals surface area contributed by atoms with Gasteiger partial charge in [0.25, 0.3) is 0 Å². The van der Waals surface area contributed by atoms with E-state index in [4.69, 9.17) is 9.47 Å². The number of ether oxygens (including phenoxy) is 2. The molecule has 0 bridgehead atoms. The van der Waals surface area contributed by atoms with E-state index in [9.17, 15) is 4.79 Å². The Kier molecular flexibility index (Phi) is 5.56. The summed E-state index contributed by atoms with van der Waals surface area (Å²) in [7, 11) is 0. The smallest absolute Gasteiger partial charge is 0.239 e. The van der Waals surface area contributed by atoms with Crippen molar-refractivity contribution in [2.45, 2.75) is 12.8 Å². The van der Waals surface area contributed by atoms with Crippen LogP contribution >= 0.6 is 0 Å². The van der Waals surface area contributed by atoms with Crippen molar-refractivity contribution in [2.75, 3.05) is 31.6 Å². The van der Waals surface area contributed by atoms with Gasteiger partial charge in [-0.2, -0.15) is 0 Å². The van der Waals surface area contributed by atoms with Crippen LogP contribution in [0.1, 0.15) is 12.0 Å². The zero-order valence-electron chi connectivity index (χ0n) is 13.6. The van der Waals surface area contributed by atoms with Crippen molar-refractivity contribution in [3.05, 3.63) is 54.1 Å². The lowest BCUT2D eigenvalue weighted by Crippen LogP contribution is -2.30. The van der Waals surface area contributed by atoms with Crippen LogP contribution in [0.3, 0.4) is 0 Å². The molecule has 0 aliphatic carbocycles. The van der Waals surface area contributed by atoms with Crippen LogP contribution in [-0.2, 0) is 11.2 Å². The van der Waals surface area contributed by atoms with Gasteiger partial charge < -0.3 is 20.1 Å². The van der Waals surface area contributed by atoms with Crippen LogP contribution in [0.5, 0.6) is 11.5 Å². The molecule has 0 saturated carbocycles. The van der Waals surface area contributed by atoms with Crippen LogP contribution in [0.2, 0.25) is 0 Å². The molecule has 0 radical (unpaired) electrons. The summed E-state index contributed by atoms with van der Waals surface area (Å²) in [5, 5.41) is 6.03. The summed E-state index contributed by atoms with van der Waals surface area (Å²) < 4.78 is 11.0. The first-order valence-corrected chi connectivity index (χ1v) is 8.25. The minimum atomic E-state index is -0.0158. The highest BCUT2D eigenvalue weighted by atomic mass is 16.6. The second-order valence-electron chi connectivity index (χ2n) is 5.65. The van der Waals surface area contributed by atoms with Crippen molar-refractivity contribution in [3.8, 4) is 11.5 Å². The number of amides is 1. The number of nitrogens with one attached hydrogen (secondary N) is 2. The Morgan fingerprint density at radius 3 is 2.62 bits per heavy atom. The highest BCUT2D eigenvalue weighted by Crippen LogP contribution is 2.32. The van der Waals surface area contributed by atoms with Crippen molar-refractivity contribution in [1.82, 2.24) is 5.32 Å². The largest absolute Gasteiger partial charge is 0.486 e. The number of hydrogen-bond donors (Lipinski definition) is 2. The van der Waals surface area contributed by atoms with E-state index < -0.39 is 0 Å². The monoisotopic (exact) mass is 326 g/mol. The SMILES string of the molecule is O=C(CNc1ccc2c(c1)OCCO2)NCCCc1ccccc1. The van der Waals surface area contributed by atoms with Gasteiger partial charge in [0.05, 0.1) is 6.54 Å². The molecule has 5 nitrogen and oxygen atoms in total. The van der Waals surface area contributed by atoms with E-state index >= 15 is 0 Å². The molecular weight excluding hydrogens is 304 g/mol. The van der Waals surface area contributed by atoms with E-state index in [1.165, 1.54) is 5.56 Å². The number of carbonyl (C=O) groups excluding carboxylic acids is 1. The second-order valence-corrected chi connectivity index (χ2v) is 5.65. The zero-order valence-corrected chi connectivity index (χ0v) is 13.6. The lowest BCUT2D eigenvalue weighted by Gasteiger charge is -2.19. The maximum absolute atomic E-state index is 11.9. The van der Waals surface area contributed by atoms with Crippen LogP contribution in [0.4, 0.5) is 5.69 Å². The number of fused-ring (bicyclic) bond motifs is 1. The average molecular weight is 326 g/mol. The van der Waals surface area contributed by atoms with Crippen molar-refractivity contribution in [3.63, 3.8) is 0 Å². The van der Waals surface area contributed by atoms with Gasteiger partial charge in [0.2, 0.25) is 5.91 Å². The van der Waals surface area contributed by atoms with Gasteiger partial charge in [-0.15, -0.1) is 0 Å². The first kappa shape index (κ1) is 16.2. The van der Waals surface area contributed by atoms with Crippen LogP contribution in [0, 0.1) is 0 Å². The second kappa shape index (κ2) is 8.24. The Labute approximate surface area is 142 Å². The van der Waals surface area contributed by atoms with Gasteiger partial charge in [-0.3, -0.25) is 4.79 Å². The maximum atomic E-state index is 11.9. The topological polar surface area (TPSA) is 59.6 Å². The van der Waals surface area contributed by atoms with Crippen molar-refractivity contribution < 1.29 is 14.3 Å². The van der Waals surface area contributed by atoms with Gasteiger partial charge in [0.1, 0.15) is 13.2 Å². The molecule has 126 valence electrons.